The number of carbonyl (C=O) groups is 1. The number of likely N-dealkylation sites (N-methyl/N-ethyl adjacent to an activating group) is 1. The first-order valence-corrected chi connectivity index (χ1v) is 6.29. The molecule has 0 atom stereocenters. The first kappa shape index (κ1) is 13.2. The van der Waals surface area contributed by atoms with Gasteiger partial charge >= 0.3 is 5.97 Å². The standard InChI is InChI=1S/C12H19NO2S/c1-5-13(12(3,4)11(14)15)8-10-9(2)6-7-16-10/h6-7H,5,8H2,1-4H3,(H,14,15). The zero-order valence-corrected chi connectivity index (χ0v) is 11.1. The van der Waals surface area contributed by atoms with Gasteiger partial charge in [0.1, 0.15) is 5.54 Å². The van der Waals surface area contributed by atoms with Gasteiger partial charge in [0.05, 0.1) is 0 Å². The van der Waals surface area contributed by atoms with Crippen molar-refractivity contribution >= 4 is 17.3 Å². The number of carboxylic acid groups (broad SMARTS) is 1. The summed E-state index contributed by atoms with van der Waals surface area (Å²) in [6.45, 7) is 9.00. The highest BCUT2D eigenvalue weighted by atomic mass is 32.1. The van der Waals surface area contributed by atoms with Gasteiger partial charge in [-0.05, 0) is 44.3 Å². The van der Waals surface area contributed by atoms with Crippen LogP contribution in [0.4, 0.5) is 0 Å². The van der Waals surface area contributed by atoms with Gasteiger partial charge in [-0.1, -0.05) is 6.92 Å². The number of nitrogens with zero attached hydrogens (tertiary/aromatic N) is 1. The maximum atomic E-state index is 11.2. The summed E-state index contributed by atoms with van der Waals surface area (Å²) >= 11 is 1.69. The molecule has 3 nitrogen and oxygen atoms in total. The van der Waals surface area contributed by atoms with Crippen LogP contribution in [0.25, 0.3) is 0 Å². The van der Waals surface area contributed by atoms with Gasteiger partial charge < -0.3 is 5.11 Å². The Morgan fingerprint density at radius 3 is 2.56 bits per heavy atom. The molecule has 16 heavy (non-hydrogen) atoms. The molecule has 1 aromatic heterocycles. The third kappa shape index (κ3) is 2.62. The van der Waals surface area contributed by atoms with Crippen molar-refractivity contribution in [2.45, 2.75) is 39.8 Å². The molecule has 0 radical (unpaired) electrons. The summed E-state index contributed by atoms with van der Waals surface area (Å²) in [5.41, 5.74) is 0.426. The van der Waals surface area contributed by atoms with Crippen LogP contribution in [0.1, 0.15) is 31.2 Å². The fourth-order valence-electron chi connectivity index (χ4n) is 1.58. The van der Waals surface area contributed by atoms with E-state index < -0.39 is 11.5 Å². The lowest BCUT2D eigenvalue weighted by Gasteiger charge is -2.33. The van der Waals surface area contributed by atoms with Gasteiger partial charge in [-0.3, -0.25) is 9.69 Å². The molecule has 0 fully saturated rings. The van der Waals surface area contributed by atoms with E-state index in [1.807, 2.05) is 17.2 Å². The Morgan fingerprint density at radius 2 is 2.19 bits per heavy atom. The Bertz CT molecular complexity index is 371. The first-order valence-electron chi connectivity index (χ1n) is 5.41. The zero-order valence-electron chi connectivity index (χ0n) is 10.3. The summed E-state index contributed by atoms with van der Waals surface area (Å²) in [5, 5.41) is 11.3. The van der Waals surface area contributed by atoms with Crippen molar-refractivity contribution in [3.05, 3.63) is 21.9 Å². The van der Waals surface area contributed by atoms with Crippen molar-refractivity contribution in [3.8, 4) is 0 Å². The van der Waals surface area contributed by atoms with Crippen LogP contribution in [-0.2, 0) is 11.3 Å². The molecule has 1 N–H and O–H groups in total. The third-order valence-electron chi connectivity index (χ3n) is 3.00. The first-order chi connectivity index (χ1) is 7.39. The normalized spacial score (nSPS) is 12.1. The van der Waals surface area contributed by atoms with Crippen LogP contribution in [-0.4, -0.2) is 28.1 Å². The van der Waals surface area contributed by atoms with E-state index in [2.05, 4.69) is 13.0 Å². The lowest BCUT2D eigenvalue weighted by molar-refractivity contribution is -0.149. The van der Waals surface area contributed by atoms with Crippen LogP contribution < -0.4 is 0 Å². The van der Waals surface area contributed by atoms with Gasteiger partial charge in [0, 0.05) is 11.4 Å². The second-order valence-corrected chi connectivity index (χ2v) is 5.41. The molecular weight excluding hydrogens is 222 g/mol. The summed E-state index contributed by atoms with van der Waals surface area (Å²) < 4.78 is 0. The average molecular weight is 241 g/mol. The molecule has 0 bridgehead atoms. The molecule has 0 amide bonds. The largest absolute Gasteiger partial charge is 0.480 e. The van der Waals surface area contributed by atoms with E-state index in [4.69, 9.17) is 0 Å². The van der Waals surface area contributed by atoms with Gasteiger partial charge in [0.2, 0.25) is 0 Å². The molecule has 0 saturated heterocycles. The van der Waals surface area contributed by atoms with Crippen molar-refractivity contribution in [1.82, 2.24) is 4.90 Å². The molecule has 0 aromatic carbocycles. The molecular formula is C12H19NO2S. The van der Waals surface area contributed by atoms with E-state index in [1.165, 1.54) is 10.4 Å². The number of hydrogen-bond donors (Lipinski definition) is 1. The van der Waals surface area contributed by atoms with Crippen LogP contribution in [0, 0.1) is 6.92 Å². The maximum Gasteiger partial charge on any atom is 0.323 e. The van der Waals surface area contributed by atoms with Gasteiger partial charge in [-0.15, -0.1) is 11.3 Å². The SMILES string of the molecule is CCN(Cc1sccc1C)C(C)(C)C(=O)O. The predicted molar refractivity (Wildman–Crippen MR) is 66.9 cm³/mol. The summed E-state index contributed by atoms with van der Waals surface area (Å²) in [6, 6.07) is 2.07. The topological polar surface area (TPSA) is 40.5 Å². The highest BCUT2D eigenvalue weighted by molar-refractivity contribution is 7.10. The Kier molecular flexibility index (Phi) is 4.10. The average Bonchev–Trinajstić information content (AvgIpc) is 2.60. The number of hydrogen-bond acceptors (Lipinski definition) is 3. The summed E-state index contributed by atoms with van der Waals surface area (Å²) in [7, 11) is 0. The molecule has 0 aliphatic carbocycles. The summed E-state index contributed by atoms with van der Waals surface area (Å²) in [4.78, 5) is 14.4. The van der Waals surface area contributed by atoms with Gasteiger partial charge in [0.25, 0.3) is 0 Å². The molecule has 0 spiro atoms. The van der Waals surface area contributed by atoms with Crippen molar-refractivity contribution in [2.75, 3.05) is 6.54 Å². The summed E-state index contributed by atoms with van der Waals surface area (Å²) in [5.74, 6) is -0.774. The number of aryl methyl sites for hydroxylation is 1. The Labute approximate surface area is 101 Å². The minimum Gasteiger partial charge on any atom is -0.480 e. The van der Waals surface area contributed by atoms with Crippen molar-refractivity contribution in [3.63, 3.8) is 0 Å². The highest BCUT2D eigenvalue weighted by Gasteiger charge is 2.33. The third-order valence-corrected chi connectivity index (χ3v) is 4.01. The van der Waals surface area contributed by atoms with Crippen LogP contribution in [0.3, 0.4) is 0 Å². The van der Waals surface area contributed by atoms with Crippen molar-refractivity contribution in [2.24, 2.45) is 0 Å². The fourth-order valence-corrected chi connectivity index (χ4v) is 2.50. The maximum absolute atomic E-state index is 11.2. The quantitative estimate of drug-likeness (QED) is 0.861. The molecule has 90 valence electrons. The van der Waals surface area contributed by atoms with Crippen molar-refractivity contribution < 1.29 is 9.90 Å². The Hall–Kier alpha value is -0.870. The fraction of sp³-hybridized carbons (Fsp3) is 0.583. The lowest BCUT2D eigenvalue weighted by Crippen LogP contribution is -2.49. The molecule has 0 unspecified atom stereocenters. The minimum atomic E-state index is -0.814. The second-order valence-electron chi connectivity index (χ2n) is 4.41. The van der Waals surface area contributed by atoms with E-state index >= 15 is 0 Å². The number of carboxylic acids is 1. The zero-order chi connectivity index (χ0) is 12.3. The molecule has 0 aliphatic rings. The molecule has 1 heterocycles. The smallest absolute Gasteiger partial charge is 0.323 e. The number of thiophene rings is 1. The molecule has 0 aliphatic heterocycles. The van der Waals surface area contributed by atoms with E-state index in [0.29, 0.717) is 6.54 Å². The molecule has 4 heteroatoms. The summed E-state index contributed by atoms with van der Waals surface area (Å²) in [6.07, 6.45) is 0. The Morgan fingerprint density at radius 1 is 1.56 bits per heavy atom. The monoisotopic (exact) mass is 241 g/mol. The van der Waals surface area contributed by atoms with Gasteiger partial charge in [-0.25, -0.2) is 0 Å². The van der Waals surface area contributed by atoms with E-state index in [9.17, 15) is 9.90 Å². The van der Waals surface area contributed by atoms with Crippen LogP contribution >= 0.6 is 11.3 Å². The van der Waals surface area contributed by atoms with E-state index in [0.717, 1.165) is 6.54 Å². The van der Waals surface area contributed by atoms with Gasteiger partial charge in [0.15, 0.2) is 0 Å². The highest BCUT2D eigenvalue weighted by Crippen LogP contribution is 2.23. The van der Waals surface area contributed by atoms with Crippen LogP contribution in [0.2, 0.25) is 0 Å². The van der Waals surface area contributed by atoms with Gasteiger partial charge in [-0.2, -0.15) is 0 Å². The Balaban J connectivity index is 2.85. The van der Waals surface area contributed by atoms with Crippen molar-refractivity contribution in [1.29, 1.82) is 0 Å². The molecule has 0 saturated carbocycles. The van der Waals surface area contributed by atoms with E-state index in [1.54, 1.807) is 25.2 Å². The van der Waals surface area contributed by atoms with Crippen LogP contribution in [0.5, 0.6) is 0 Å². The number of aliphatic carboxylic acids is 1. The lowest BCUT2D eigenvalue weighted by atomic mass is 10.0. The van der Waals surface area contributed by atoms with E-state index in [-0.39, 0.29) is 0 Å². The second kappa shape index (κ2) is 4.97. The predicted octanol–water partition coefficient (Wildman–Crippen LogP) is 2.74. The number of rotatable bonds is 5. The van der Waals surface area contributed by atoms with Crippen LogP contribution in [0.15, 0.2) is 11.4 Å². The molecule has 1 rings (SSSR count). The molecule has 1 aromatic rings. The minimum absolute atomic E-state index is 0.708.